The van der Waals surface area contributed by atoms with Gasteiger partial charge in [-0.1, -0.05) is 26.0 Å². The van der Waals surface area contributed by atoms with Crippen molar-refractivity contribution in [3.05, 3.63) is 29.8 Å². The average molecular weight is 303 g/mol. The van der Waals surface area contributed by atoms with Gasteiger partial charge in [-0.05, 0) is 56.6 Å². The summed E-state index contributed by atoms with van der Waals surface area (Å²) in [5.41, 5.74) is 2.16. The summed E-state index contributed by atoms with van der Waals surface area (Å²) in [4.78, 5) is 16.8. The van der Waals surface area contributed by atoms with Crippen LogP contribution < -0.4 is 5.32 Å². The fourth-order valence-electron chi connectivity index (χ4n) is 3.05. The molecule has 1 aromatic rings. The molecule has 122 valence electrons. The number of nitrogens with zero attached hydrogens (tertiary/aromatic N) is 2. The first-order valence-electron chi connectivity index (χ1n) is 8.40. The Labute approximate surface area is 134 Å². The molecular formula is C18H29N3O. The molecular weight excluding hydrogens is 274 g/mol. The Morgan fingerprint density at radius 3 is 2.95 bits per heavy atom. The Bertz CT molecular complexity index is 489. The van der Waals surface area contributed by atoms with E-state index in [2.05, 4.69) is 48.1 Å². The third kappa shape index (κ3) is 5.11. The predicted octanol–water partition coefficient (Wildman–Crippen LogP) is 2.46. The van der Waals surface area contributed by atoms with Crippen LogP contribution in [-0.4, -0.2) is 55.5 Å². The summed E-state index contributed by atoms with van der Waals surface area (Å²) < 4.78 is 0. The third-order valence-electron chi connectivity index (χ3n) is 4.47. The molecule has 0 aromatic heterocycles. The van der Waals surface area contributed by atoms with E-state index >= 15 is 0 Å². The number of carbonyl (C=O) groups is 1. The van der Waals surface area contributed by atoms with E-state index in [9.17, 15) is 4.79 Å². The van der Waals surface area contributed by atoms with E-state index in [-0.39, 0.29) is 5.91 Å². The van der Waals surface area contributed by atoms with Gasteiger partial charge in [-0.25, -0.2) is 0 Å². The van der Waals surface area contributed by atoms with Crippen molar-refractivity contribution in [1.82, 2.24) is 9.80 Å². The monoisotopic (exact) mass is 303 g/mol. The topological polar surface area (TPSA) is 35.6 Å². The molecule has 0 spiro atoms. The first-order valence-corrected chi connectivity index (χ1v) is 8.40. The fourth-order valence-corrected chi connectivity index (χ4v) is 3.05. The molecule has 1 heterocycles. The number of aryl methyl sites for hydroxylation is 1. The Balaban J connectivity index is 1.78. The van der Waals surface area contributed by atoms with E-state index in [0.717, 1.165) is 38.3 Å². The van der Waals surface area contributed by atoms with Gasteiger partial charge in [0.25, 0.3) is 0 Å². The molecule has 0 saturated carbocycles. The molecule has 1 atom stereocenters. The number of nitrogens with one attached hydrogen (secondary N) is 1. The van der Waals surface area contributed by atoms with Crippen LogP contribution in [0, 0.1) is 5.92 Å². The Morgan fingerprint density at radius 1 is 1.41 bits per heavy atom. The van der Waals surface area contributed by atoms with E-state index in [4.69, 9.17) is 0 Å². The maximum atomic E-state index is 12.2. The highest BCUT2D eigenvalue weighted by atomic mass is 16.2. The second-order valence-corrected chi connectivity index (χ2v) is 6.35. The van der Waals surface area contributed by atoms with E-state index in [1.54, 1.807) is 0 Å². The first-order chi connectivity index (χ1) is 10.6. The van der Waals surface area contributed by atoms with Gasteiger partial charge in [0.05, 0.1) is 6.54 Å². The molecule has 1 unspecified atom stereocenters. The van der Waals surface area contributed by atoms with Crippen molar-refractivity contribution < 1.29 is 4.79 Å². The lowest BCUT2D eigenvalue weighted by Gasteiger charge is -2.20. The Kier molecular flexibility index (Phi) is 6.40. The SMILES string of the molecule is CCc1cccc(NC(=O)CN2CCC(CN(C)CC)C2)c1. The normalized spacial score (nSPS) is 18.8. The van der Waals surface area contributed by atoms with Crippen molar-refractivity contribution in [3.63, 3.8) is 0 Å². The van der Waals surface area contributed by atoms with Gasteiger partial charge < -0.3 is 10.2 Å². The second kappa shape index (κ2) is 8.30. The molecule has 0 aliphatic carbocycles. The molecule has 2 rings (SSSR count). The van der Waals surface area contributed by atoms with Crippen LogP contribution in [0.15, 0.2) is 24.3 Å². The van der Waals surface area contributed by atoms with Crippen molar-refractivity contribution >= 4 is 11.6 Å². The number of anilines is 1. The molecule has 4 nitrogen and oxygen atoms in total. The highest BCUT2D eigenvalue weighted by Crippen LogP contribution is 2.17. The van der Waals surface area contributed by atoms with Crippen molar-refractivity contribution in [2.24, 2.45) is 5.92 Å². The van der Waals surface area contributed by atoms with Gasteiger partial charge in [-0.2, -0.15) is 0 Å². The molecule has 22 heavy (non-hydrogen) atoms. The van der Waals surface area contributed by atoms with Gasteiger partial charge in [-0.15, -0.1) is 0 Å². The molecule has 0 radical (unpaired) electrons. The van der Waals surface area contributed by atoms with E-state index in [0.29, 0.717) is 12.5 Å². The molecule has 0 bridgehead atoms. The minimum absolute atomic E-state index is 0.0951. The third-order valence-corrected chi connectivity index (χ3v) is 4.47. The van der Waals surface area contributed by atoms with Crippen LogP contribution in [0.4, 0.5) is 5.69 Å². The molecule has 1 aliphatic heterocycles. The fraction of sp³-hybridized carbons (Fsp3) is 0.611. The smallest absolute Gasteiger partial charge is 0.238 e. The Morgan fingerprint density at radius 2 is 2.23 bits per heavy atom. The number of hydrogen-bond donors (Lipinski definition) is 1. The maximum Gasteiger partial charge on any atom is 0.238 e. The summed E-state index contributed by atoms with van der Waals surface area (Å²) in [7, 11) is 2.16. The number of rotatable bonds is 7. The summed E-state index contributed by atoms with van der Waals surface area (Å²) in [5, 5.41) is 3.02. The van der Waals surface area contributed by atoms with E-state index in [1.165, 1.54) is 12.0 Å². The zero-order valence-electron chi connectivity index (χ0n) is 14.1. The number of benzene rings is 1. The van der Waals surface area contributed by atoms with Crippen molar-refractivity contribution in [3.8, 4) is 0 Å². The predicted molar refractivity (Wildman–Crippen MR) is 92.2 cm³/mol. The number of carbonyl (C=O) groups excluding carboxylic acids is 1. The van der Waals surface area contributed by atoms with Crippen LogP contribution in [0.3, 0.4) is 0 Å². The minimum Gasteiger partial charge on any atom is -0.325 e. The number of likely N-dealkylation sites (tertiary alicyclic amines) is 1. The lowest BCUT2D eigenvalue weighted by atomic mass is 10.1. The van der Waals surface area contributed by atoms with Gasteiger partial charge in [0.1, 0.15) is 0 Å². The van der Waals surface area contributed by atoms with Crippen molar-refractivity contribution in [2.45, 2.75) is 26.7 Å². The summed E-state index contributed by atoms with van der Waals surface area (Å²) in [6.45, 7) is 9.10. The van der Waals surface area contributed by atoms with E-state index < -0.39 is 0 Å². The van der Waals surface area contributed by atoms with Crippen LogP contribution in [0.5, 0.6) is 0 Å². The van der Waals surface area contributed by atoms with Crippen LogP contribution in [0.1, 0.15) is 25.8 Å². The average Bonchev–Trinajstić information content (AvgIpc) is 2.94. The summed E-state index contributed by atoms with van der Waals surface area (Å²) in [5.74, 6) is 0.791. The molecule has 1 amide bonds. The van der Waals surface area contributed by atoms with Crippen molar-refractivity contribution in [1.29, 1.82) is 0 Å². The molecule has 1 aromatic carbocycles. The first kappa shape index (κ1) is 17.0. The zero-order valence-corrected chi connectivity index (χ0v) is 14.1. The largest absolute Gasteiger partial charge is 0.325 e. The molecule has 1 aliphatic rings. The highest BCUT2D eigenvalue weighted by Gasteiger charge is 2.24. The van der Waals surface area contributed by atoms with Gasteiger partial charge in [0.15, 0.2) is 0 Å². The number of hydrogen-bond acceptors (Lipinski definition) is 3. The zero-order chi connectivity index (χ0) is 15.9. The summed E-state index contributed by atoms with van der Waals surface area (Å²) >= 11 is 0. The van der Waals surface area contributed by atoms with Crippen LogP contribution in [0.25, 0.3) is 0 Å². The molecule has 1 saturated heterocycles. The second-order valence-electron chi connectivity index (χ2n) is 6.35. The standard InChI is InChI=1S/C18H29N3O/c1-4-15-7-6-8-17(11-15)19-18(22)14-21-10-9-16(13-21)12-20(3)5-2/h6-8,11,16H,4-5,9-10,12-14H2,1-3H3,(H,19,22). The van der Waals surface area contributed by atoms with Gasteiger partial charge in [0, 0.05) is 18.8 Å². The highest BCUT2D eigenvalue weighted by molar-refractivity contribution is 5.92. The molecule has 1 N–H and O–H groups in total. The maximum absolute atomic E-state index is 12.2. The Hall–Kier alpha value is -1.39. The molecule has 1 fully saturated rings. The van der Waals surface area contributed by atoms with Gasteiger partial charge in [0.2, 0.25) is 5.91 Å². The van der Waals surface area contributed by atoms with Gasteiger partial charge >= 0.3 is 0 Å². The lowest BCUT2D eigenvalue weighted by Crippen LogP contribution is -2.33. The lowest BCUT2D eigenvalue weighted by molar-refractivity contribution is -0.117. The van der Waals surface area contributed by atoms with Crippen LogP contribution in [0.2, 0.25) is 0 Å². The van der Waals surface area contributed by atoms with Crippen molar-refractivity contribution in [2.75, 3.05) is 45.1 Å². The number of amides is 1. The summed E-state index contributed by atoms with van der Waals surface area (Å²) in [6.07, 6.45) is 2.19. The van der Waals surface area contributed by atoms with Crippen LogP contribution >= 0.6 is 0 Å². The minimum atomic E-state index is 0.0951. The van der Waals surface area contributed by atoms with E-state index in [1.807, 2.05) is 12.1 Å². The van der Waals surface area contributed by atoms with Crippen LogP contribution in [-0.2, 0) is 11.2 Å². The molecule has 4 heteroatoms. The summed E-state index contributed by atoms with van der Waals surface area (Å²) in [6, 6.07) is 8.10. The van der Waals surface area contributed by atoms with Gasteiger partial charge in [-0.3, -0.25) is 9.69 Å². The quantitative estimate of drug-likeness (QED) is 0.840.